The zero-order chi connectivity index (χ0) is 16.6. The lowest BCUT2D eigenvalue weighted by Crippen LogP contribution is -2.54. The lowest BCUT2D eigenvalue weighted by molar-refractivity contribution is -0.140. The number of rotatable bonds is 4. The van der Waals surface area contributed by atoms with Gasteiger partial charge >= 0.3 is 0 Å². The van der Waals surface area contributed by atoms with Crippen molar-refractivity contribution >= 4 is 5.91 Å². The normalized spacial score (nSPS) is 28.4. The van der Waals surface area contributed by atoms with E-state index in [9.17, 15) is 4.79 Å². The summed E-state index contributed by atoms with van der Waals surface area (Å²) in [6.45, 7) is 4.26. The molecule has 1 spiro atoms. The summed E-state index contributed by atoms with van der Waals surface area (Å²) >= 11 is 0. The summed E-state index contributed by atoms with van der Waals surface area (Å²) < 4.78 is 5.35. The van der Waals surface area contributed by atoms with Crippen LogP contribution in [0.25, 0.3) is 0 Å². The molecule has 0 N–H and O–H groups in total. The second-order valence-corrected chi connectivity index (χ2v) is 7.92. The van der Waals surface area contributed by atoms with Crippen molar-refractivity contribution in [1.82, 2.24) is 9.80 Å². The molecule has 130 valence electrons. The number of nitrogens with zero attached hydrogens (tertiary/aromatic N) is 2. The topological polar surface area (TPSA) is 32.8 Å². The highest BCUT2D eigenvalue weighted by molar-refractivity contribution is 5.78. The first-order chi connectivity index (χ1) is 11.7. The van der Waals surface area contributed by atoms with Crippen molar-refractivity contribution < 1.29 is 9.53 Å². The van der Waals surface area contributed by atoms with Crippen LogP contribution in [0.1, 0.15) is 44.1 Å². The molecule has 1 aromatic rings. The molecule has 4 nitrogen and oxygen atoms in total. The van der Waals surface area contributed by atoms with Crippen molar-refractivity contribution in [2.75, 3.05) is 26.7 Å². The average Bonchev–Trinajstić information content (AvgIpc) is 3.43. The molecule has 0 aromatic heterocycles. The first kappa shape index (κ1) is 15.9. The summed E-state index contributed by atoms with van der Waals surface area (Å²) in [5, 5.41) is 0. The Bertz CT molecular complexity index is 613. The fourth-order valence-corrected chi connectivity index (χ4v) is 4.57. The Kier molecular flexibility index (Phi) is 4.25. The van der Waals surface area contributed by atoms with Crippen molar-refractivity contribution in [2.24, 2.45) is 5.41 Å². The van der Waals surface area contributed by atoms with E-state index in [1.54, 1.807) is 7.11 Å². The Balaban J connectivity index is 1.44. The van der Waals surface area contributed by atoms with Gasteiger partial charge in [-0.25, -0.2) is 0 Å². The number of hydrogen-bond acceptors (Lipinski definition) is 3. The van der Waals surface area contributed by atoms with Gasteiger partial charge in [0.25, 0.3) is 0 Å². The smallest absolute Gasteiger partial charge is 0.222 e. The molecule has 1 aromatic carbocycles. The highest BCUT2D eigenvalue weighted by atomic mass is 16.5. The Morgan fingerprint density at radius 3 is 2.92 bits per heavy atom. The maximum atomic E-state index is 12.2. The lowest BCUT2D eigenvalue weighted by atomic mass is 9.73. The molecule has 1 atom stereocenters. The van der Waals surface area contributed by atoms with E-state index in [1.165, 1.54) is 31.2 Å². The molecule has 0 unspecified atom stereocenters. The number of hydrogen-bond donors (Lipinski definition) is 0. The predicted octanol–water partition coefficient (Wildman–Crippen LogP) is 3.06. The summed E-state index contributed by atoms with van der Waals surface area (Å²) in [7, 11) is 1.72. The lowest BCUT2D eigenvalue weighted by Gasteiger charge is -2.48. The van der Waals surface area contributed by atoms with Crippen LogP contribution in [-0.2, 0) is 11.3 Å². The van der Waals surface area contributed by atoms with Crippen molar-refractivity contribution in [3.05, 3.63) is 29.8 Å². The van der Waals surface area contributed by atoms with Crippen LogP contribution in [-0.4, -0.2) is 48.5 Å². The molecule has 4 heteroatoms. The van der Waals surface area contributed by atoms with Gasteiger partial charge < -0.3 is 9.64 Å². The summed E-state index contributed by atoms with van der Waals surface area (Å²) in [6.07, 6.45) is 6.78. The van der Waals surface area contributed by atoms with Crippen LogP contribution in [0.5, 0.6) is 5.75 Å². The van der Waals surface area contributed by atoms with Gasteiger partial charge in [-0.1, -0.05) is 12.1 Å². The van der Waals surface area contributed by atoms with E-state index in [2.05, 4.69) is 28.0 Å². The average molecular weight is 328 g/mol. The molecule has 0 radical (unpaired) electrons. The second-order valence-electron chi connectivity index (χ2n) is 7.92. The molecule has 3 aliphatic rings. The first-order valence-electron chi connectivity index (χ1n) is 9.32. The number of likely N-dealkylation sites (tertiary alicyclic amines) is 2. The quantitative estimate of drug-likeness (QED) is 0.851. The molecule has 0 bridgehead atoms. The van der Waals surface area contributed by atoms with E-state index < -0.39 is 0 Å². The zero-order valence-electron chi connectivity index (χ0n) is 14.7. The standard InChI is InChI=1S/C20H28N2O2/c1-24-18-5-2-4-16(12-18)13-21-11-3-9-20(14-21)10-8-19(23)22(15-20)17-6-7-17/h2,4-5,12,17H,3,6-11,13-15H2,1H3/t20-/m1/s1. The van der Waals surface area contributed by atoms with E-state index in [4.69, 9.17) is 4.74 Å². The first-order valence-corrected chi connectivity index (χ1v) is 9.32. The molecule has 2 aliphatic heterocycles. The van der Waals surface area contributed by atoms with E-state index in [-0.39, 0.29) is 0 Å². The monoisotopic (exact) mass is 328 g/mol. The molecule has 3 fully saturated rings. The summed E-state index contributed by atoms with van der Waals surface area (Å²) in [5.74, 6) is 1.33. The number of carbonyl (C=O) groups excluding carboxylic acids is 1. The van der Waals surface area contributed by atoms with Crippen molar-refractivity contribution in [2.45, 2.75) is 51.1 Å². The summed E-state index contributed by atoms with van der Waals surface area (Å²) in [4.78, 5) is 17.0. The Labute approximate surface area is 144 Å². The molecule has 2 heterocycles. The van der Waals surface area contributed by atoms with Crippen LogP contribution < -0.4 is 4.74 Å². The van der Waals surface area contributed by atoms with Gasteiger partial charge in [-0.15, -0.1) is 0 Å². The van der Waals surface area contributed by atoms with Crippen molar-refractivity contribution in [3.8, 4) is 5.75 Å². The van der Waals surface area contributed by atoms with E-state index in [1.807, 2.05) is 6.07 Å². The SMILES string of the molecule is COc1cccc(CN2CCC[C@@]3(CCC(=O)N(C4CC4)C3)C2)c1. The number of benzene rings is 1. The van der Waals surface area contributed by atoms with Crippen LogP contribution in [0, 0.1) is 5.41 Å². The van der Waals surface area contributed by atoms with E-state index in [0.29, 0.717) is 17.4 Å². The third kappa shape index (κ3) is 3.30. The minimum atomic E-state index is 0.327. The Morgan fingerprint density at radius 2 is 2.12 bits per heavy atom. The number of amides is 1. The van der Waals surface area contributed by atoms with Crippen molar-refractivity contribution in [1.29, 1.82) is 0 Å². The molecule has 24 heavy (non-hydrogen) atoms. The van der Waals surface area contributed by atoms with Crippen LogP contribution in [0.2, 0.25) is 0 Å². The maximum Gasteiger partial charge on any atom is 0.222 e. The molecule has 2 saturated heterocycles. The fourth-order valence-electron chi connectivity index (χ4n) is 4.57. The van der Waals surface area contributed by atoms with E-state index >= 15 is 0 Å². The second kappa shape index (κ2) is 6.40. The maximum absolute atomic E-state index is 12.2. The third-order valence-electron chi connectivity index (χ3n) is 5.96. The molecular weight excluding hydrogens is 300 g/mol. The minimum Gasteiger partial charge on any atom is -0.497 e. The number of ether oxygens (including phenoxy) is 1. The summed E-state index contributed by atoms with van der Waals surface area (Å²) in [6, 6.07) is 8.96. The van der Waals surface area contributed by atoms with Crippen LogP contribution in [0.4, 0.5) is 0 Å². The van der Waals surface area contributed by atoms with Gasteiger partial charge in [-0.2, -0.15) is 0 Å². The number of piperidine rings is 2. The van der Waals surface area contributed by atoms with Crippen LogP contribution >= 0.6 is 0 Å². The zero-order valence-corrected chi connectivity index (χ0v) is 14.7. The van der Waals surface area contributed by atoms with Crippen LogP contribution in [0.3, 0.4) is 0 Å². The van der Waals surface area contributed by atoms with Gasteiger partial charge in [0.05, 0.1) is 7.11 Å². The molecular formula is C20H28N2O2. The van der Waals surface area contributed by atoms with Gasteiger partial charge in [-0.3, -0.25) is 9.69 Å². The Hall–Kier alpha value is -1.55. The Morgan fingerprint density at radius 1 is 1.25 bits per heavy atom. The number of methoxy groups -OCH3 is 1. The van der Waals surface area contributed by atoms with Crippen molar-refractivity contribution in [3.63, 3.8) is 0 Å². The predicted molar refractivity (Wildman–Crippen MR) is 93.9 cm³/mol. The highest BCUT2D eigenvalue weighted by Gasteiger charge is 2.45. The van der Waals surface area contributed by atoms with Gasteiger partial charge in [0.2, 0.25) is 5.91 Å². The molecule has 1 saturated carbocycles. The fraction of sp³-hybridized carbons (Fsp3) is 0.650. The molecule has 1 aliphatic carbocycles. The van der Waals surface area contributed by atoms with Gasteiger partial charge in [-0.05, 0) is 56.3 Å². The molecule has 4 rings (SSSR count). The minimum absolute atomic E-state index is 0.327. The summed E-state index contributed by atoms with van der Waals surface area (Å²) in [5.41, 5.74) is 1.64. The molecule has 1 amide bonds. The largest absolute Gasteiger partial charge is 0.497 e. The van der Waals surface area contributed by atoms with Crippen LogP contribution in [0.15, 0.2) is 24.3 Å². The number of carbonyl (C=O) groups is 1. The highest BCUT2D eigenvalue weighted by Crippen LogP contribution is 2.42. The van der Waals surface area contributed by atoms with E-state index in [0.717, 1.165) is 44.8 Å². The third-order valence-corrected chi connectivity index (χ3v) is 5.96. The van der Waals surface area contributed by atoms with Gasteiger partial charge in [0, 0.05) is 37.5 Å². The van der Waals surface area contributed by atoms with Gasteiger partial charge in [0.15, 0.2) is 0 Å². The van der Waals surface area contributed by atoms with Gasteiger partial charge in [0.1, 0.15) is 5.75 Å².